The van der Waals surface area contributed by atoms with Crippen LogP contribution in [0.25, 0.3) is 11.4 Å². The molecule has 6 heteroatoms. The Morgan fingerprint density at radius 1 is 1.39 bits per heavy atom. The monoisotopic (exact) mass is 351 g/mol. The molecular formula is C17H19Cl2N3O. The summed E-state index contributed by atoms with van der Waals surface area (Å²) in [4.78, 5) is 18.0. The van der Waals surface area contributed by atoms with E-state index in [1.54, 1.807) is 19.2 Å². The first-order valence-corrected chi connectivity index (χ1v) is 8.53. The molecule has 2 heterocycles. The van der Waals surface area contributed by atoms with Crippen LogP contribution in [0.1, 0.15) is 19.8 Å². The van der Waals surface area contributed by atoms with E-state index >= 15 is 0 Å². The number of carbonyl (C=O) groups excluding carboxylic acids is 1. The normalized spacial score (nSPS) is 18.2. The van der Waals surface area contributed by atoms with E-state index in [9.17, 15) is 4.79 Å². The number of rotatable bonds is 3. The van der Waals surface area contributed by atoms with Crippen molar-refractivity contribution in [3.05, 3.63) is 40.6 Å². The third kappa shape index (κ3) is 3.54. The number of hydrogen-bond donors (Lipinski definition) is 0. The summed E-state index contributed by atoms with van der Waals surface area (Å²) in [7, 11) is 0. The van der Waals surface area contributed by atoms with Crippen molar-refractivity contribution >= 4 is 29.1 Å². The van der Waals surface area contributed by atoms with Crippen LogP contribution in [-0.2, 0) is 11.3 Å². The molecule has 0 radical (unpaired) electrons. The van der Waals surface area contributed by atoms with E-state index in [0.717, 1.165) is 43.9 Å². The second-order valence-corrected chi connectivity index (χ2v) is 6.76. The molecule has 1 fully saturated rings. The van der Waals surface area contributed by atoms with Crippen molar-refractivity contribution in [3.8, 4) is 11.4 Å². The molecule has 1 aliphatic rings. The largest absolute Gasteiger partial charge is 0.343 e. The summed E-state index contributed by atoms with van der Waals surface area (Å²) in [5.41, 5.74) is 0.836. The summed E-state index contributed by atoms with van der Waals surface area (Å²) >= 11 is 12.4. The molecule has 1 aromatic carbocycles. The van der Waals surface area contributed by atoms with Crippen LogP contribution >= 0.6 is 23.2 Å². The third-order valence-electron chi connectivity index (χ3n) is 4.33. The van der Waals surface area contributed by atoms with Crippen LogP contribution in [-0.4, -0.2) is 33.4 Å². The zero-order valence-electron chi connectivity index (χ0n) is 13.0. The first-order valence-electron chi connectivity index (χ1n) is 7.77. The molecule has 0 saturated carbocycles. The van der Waals surface area contributed by atoms with Gasteiger partial charge in [-0.15, -0.1) is 0 Å². The Labute approximate surface area is 146 Å². The van der Waals surface area contributed by atoms with Crippen LogP contribution in [0.5, 0.6) is 0 Å². The lowest BCUT2D eigenvalue weighted by molar-refractivity contribution is -0.130. The lowest BCUT2D eigenvalue weighted by atomic mass is 9.97. The molecule has 1 aliphatic heterocycles. The molecule has 1 atom stereocenters. The summed E-state index contributed by atoms with van der Waals surface area (Å²) in [6.45, 7) is 4.12. The van der Waals surface area contributed by atoms with Gasteiger partial charge in [-0.25, -0.2) is 4.98 Å². The molecule has 4 nitrogen and oxygen atoms in total. The Bertz CT molecular complexity index is 714. The minimum absolute atomic E-state index is 0.151. The molecule has 0 N–H and O–H groups in total. The number of piperidine rings is 1. The minimum Gasteiger partial charge on any atom is -0.343 e. The third-order valence-corrected chi connectivity index (χ3v) is 5.15. The molecule has 0 bridgehead atoms. The number of carbonyl (C=O) groups is 1. The van der Waals surface area contributed by atoms with Gasteiger partial charge in [0.05, 0.1) is 10.0 Å². The number of halogens is 2. The summed E-state index contributed by atoms with van der Waals surface area (Å²) in [5.74, 6) is 1.40. The lowest BCUT2D eigenvalue weighted by Gasteiger charge is -2.32. The number of nitrogens with zero attached hydrogens (tertiary/aromatic N) is 3. The van der Waals surface area contributed by atoms with Crippen molar-refractivity contribution in [2.45, 2.75) is 26.3 Å². The maximum Gasteiger partial charge on any atom is 0.219 e. The van der Waals surface area contributed by atoms with Gasteiger partial charge in [0.15, 0.2) is 0 Å². The van der Waals surface area contributed by atoms with Crippen LogP contribution in [0.15, 0.2) is 30.6 Å². The highest BCUT2D eigenvalue weighted by Gasteiger charge is 2.23. The minimum atomic E-state index is 0.151. The summed E-state index contributed by atoms with van der Waals surface area (Å²) in [6.07, 6.45) is 5.90. The Morgan fingerprint density at radius 3 is 3.00 bits per heavy atom. The molecule has 122 valence electrons. The standard InChI is InChI=1S/C17H19Cl2N3O/c1-12(23)21-8-3-4-13(10-21)11-22-9-7-20-17(22)14-5-2-6-15(18)16(14)19/h2,5-7,9,13H,3-4,8,10-11H2,1H3. The van der Waals surface area contributed by atoms with Gasteiger partial charge in [0, 0.05) is 44.5 Å². The zero-order chi connectivity index (χ0) is 16.4. The van der Waals surface area contributed by atoms with E-state index < -0.39 is 0 Å². The van der Waals surface area contributed by atoms with E-state index in [-0.39, 0.29) is 5.91 Å². The summed E-state index contributed by atoms with van der Waals surface area (Å²) < 4.78 is 2.10. The van der Waals surface area contributed by atoms with E-state index in [4.69, 9.17) is 23.2 Å². The lowest BCUT2D eigenvalue weighted by Crippen LogP contribution is -2.39. The van der Waals surface area contributed by atoms with Crippen LogP contribution < -0.4 is 0 Å². The van der Waals surface area contributed by atoms with Gasteiger partial charge in [0.1, 0.15) is 5.82 Å². The fraction of sp³-hybridized carbons (Fsp3) is 0.412. The first kappa shape index (κ1) is 16.3. The number of amides is 1. The molecule has 0 spiro atoms. The number of likely N-dealkylation sites (tertiary alicyclic amines) is 1. The van der Waals surface area contributed by atoms with E-state index in [2.05, 4.69) is 9.55 Å². The van der Waals surface area contributed by atoms with Crippen LogP contribution in [0.3, 0.4) is 0 Å². The van der Waals surface area contributed by atoms with Gasteiger partial charge in [-0.05, 0) is 30.9 Å². The van der Waals surface area contributed by atoms with Crippen LogP contribution in [0, 0.1) is 5.92 Å². The maximum atomic E-state index is 11.6. The Kier molecular flexibility index (Phi) is 4.93. The second kappa shape index (κ2) is 6.93. The molecule has 3 rings (SSSR count). The Hall–Kier alpha value is -1.52. The van der Waals surface area contributed by atoms with Gasteiger partial charge in [-0.2, -0.15) is 0 Å². The van der Waals surface area contributed by atoms with E-state index in [1.807, 2.05) is 23.2 Å². The molecule has 1 unspecified atom stereocenters. The smallest absolute Gasteiger partial charge is 0.219 e. The second-order valence-electron chi connectivity index (χ2n) is 5.98. The highest BCUT2D eigenvalue weighted by atomic mass is 35.5. The van der Waals surface area contributed by atoms with Gasteiger partial charge in [0.25, 0.3) is 0 Å². The van der Waals surface area contributed by atoms with Gasteiger partial charge in [0.2, 0.25) is 5.91 Å². The molecule has 23 heavy (non-hydrogen) atoms. The van der Waals surface area contributed by atoms with Gasteiger partial charge < -0.3 is 9.47 Å². The van der Waals surface area contributed by atoms with Crippen molar-refractivity contribution in [3.63, 3.8) is 0 Å². The van der Waals surface area contributed by atoms with Crippen LogP contribution in [0.4, 0.5) is 0 Å². The van der Waals surface area contributed by atoms with Crippen molar-refractivity contribution in [2.75, 3.05) is 13.1 Å². The highest BCUT2D eigenvalue weighted by Crippen LogP contribution is 2.33. The average Bonchev–Trinajstić information content (AvgIpc) is 2.98. The number of aromatic nitrogens is 2. The molecular weight excluding hydrogens is 333 g/mol. The number of benzene rings is 1. The van der Waals surface area contributed by atoms with Crippen molar-refractivity contribution in [1.82, 2.24) is 14.5 Å². The van der Waals surface area contributed by atoms with Crippen molar-refractivity contribution < 1.29 is 4.79 Å². The molecule has 1 amide bonds. The number of imidazole rings is 1. The van der Waals surface area contributed by atoms with Gasteiger partial charge in [-0.1, -0.05) is 29.3 Å². The van der Waals surface area contributed by atoms with Crippen molar-refractivity contribution in [2.24, 2.45) is 5.92 Å². The SMILES string of the molecule is CC(=O)N1CCCC(Cn2ccnc2-c2cccc(Cl)c2Cl)C1. The molecule has 0 aliphatic carbocycles. The van der Waals surface area contributed by atoms with Gasteiger partial charge in [-0.3, -0.25) is 4.79 Å². The van der Waals surface area contributed by atoms with E-state index in [0.29, 0.717) is 16.0 Å². The van der Waals surface area contributed by atoms with Crippen LogP contribution in [0.2, 0.25) is 10.0 Å². The Morgan fingerprint density at radius 2 is 2.22 bits per heavy atom. The quantitative estimate of drug-likeness (QED) is 0.834. The summed E-state index contributed by atoms with van der Waals surface area (Å²) in [6, 6.07) is 5.57. The van der Waals surface area contributed by atoms with E-state index in [1.165, 1.54) is 0 Å². The zero-order valence-corrected chi connectivity index (χ0v) is 14.5. The fourth-order valence-electron chi connectivity index (χ4n) is 3.16. The predicted octanol–water partition coefficient (Wildman–Crippen LogP) is 4.12. The Balaban J connectivity index is 1.81. The highest BCUT2D eigenvalue weighted by molar-refractivity contribution is 6.43. The predicted molar refractivity (Wildman–Crippen MR) is 92.7 cm³/mol. The molecule has 1 saturated heterocycles. The molecule has 1 aromatic heterocycles. The summed E-state index contributed by atoms with van der Waals surface area (Å²) in [5, 5.41) is 1.05. The maximum absolute atomic E-state index is 11.6. The number of hydrogen-bond acceptors (Lipinski definition) is 2. The molecule has 2 aromatic rings. The topological polar surface area (TPSA) is 38.1 Å². The first-order chi connectivity index (χ1) is 11.1. The van der Waals surface area contributed by atoms with Gasteiger partial charge >= 0.3 is 0 Å². The van der Waals surface area contributed by atoms with Crippen molar-refractivity contribution in [1.29, 1.82) is 0 Å². The average molecular weight is 352 g/mol. The fourth-order valence-corrected chi connectivity index (χ4v) is 3.54.